The molecule has 0 unspecified atom stereocenters. The van der Waals surface area contributed by atoms with Gasteiger partial charge in [-0.15, -0.1) is 0 Å². The molecule has 2 aliphatic heterocycles. The molecule has 13 aromatic rings. The lowest BCUT2D eigenvalue weighted by molar-refractivity contribution is 0.486. The molecule has 0 atom stereocenters. The van der Waals surface area contributed by atoms with E-state index in [2.05, 4.69) is 343 Å². The van der Waals surface area contributed by atoms with Gasteiger partial charge in [-0.05, 0) is 182 Å². The fraction of sp³-hybridized carbons (Fsp3) is 0.233. The summed E-state index contributed by atoms with van der Waals surface area (Å²) in [6.07, 6.45) is 0. The third kappa shape index (κ3) is 9.91. The minimum Gasteiger partial charge on any atom is -0.458 e. The van der Waals surface area contributed by atoms with Crippen LogP contribution in [0.25, 0.3) is 54.3 Å². The molecule has 456 valence electrons. The van der Waals surface area contributed by atoms with Crippen LogP contribution in [0.5, 0.6) is 11.5 Å². The predicted octanol–water partition coefficient (Wildman–Crippen LogP) is 22.9. The molecule has 3 heterocycles. The summed E-state index contributed by atoms with van der Waals surface area (Å²) in [6.45, 7) is 34.2. The van der Waals surface area contributed by atoms with Gasteiger partial charge in [0.05, 0.1) is 22.4 Å². The normalized spacial score (nSPS) is 13.4. The maximum Gasteiger partial charge on any atom is 0.256 e. The first-order valence-corrected chi connectivity index (χ1v) is 32.9. The molecule has 2 aliphatic rings. The molecule has 12 aromatic carbocycles. The molecular formula is C86H82BN3O2. The number of nitrogens with zero attached hydrogens (tertiary/aromatic N) is 3. The van der Waals surface area contributed by atoms with Crippen molar-refractivity contribution in [3.63, 3.8) is 0 Å². The van der Waals surface area contributed by atoms with E-state index in [-0.39, 0.29) is 33.8 Å². The second kappa shape index (κ2) is 21.0. The number of hydrogen-bond acceptors (Lipinski definition) is 5. The van der Waals surface area contributed by atoms with Crippen molar-refractivity contribution in [1.82, 2.24) is 0 Å². The number of para-hydroxylation sites is 1. The molecule has 15 rings (SSSR count). The topological polar surface area (TPSA) is 32.1 Å². The Hall–Kier alpha value is -9.52. The second-order valence-electron chi connectivity index (χ2n) is 31.1. The molecule has 0 radical (unpaired) electrons. The molecule has 6 heteroatoms. The maximum atomic E-state index is 7.57. The molecule has 1 aromatic heterocycles. The van der Waals surface area contributed by atoms with E-state index in [0.717, 1.165) is 95.5 Å². The Morgan fingerprint density at radius 2 is 0.739 bits per heavy atom. The fourth-order valence-electron chi connectivity index (χ4n) is 14.4. The van der Waals surface area contributed by atoms with Crippen LogP contribution in [-0.2, 0) is 27.1 Å². The van der Waals surface area contributed by atoms with Gasteiger partial charge in [-0.2, -0.15) is 0 Å². The van der Waals surface area contributed by atoms with Crippen LogP contribution in [-0.4, -0.2) is 6.71 Å². The van der Waals surface area contributed by atoms with Gasteiger partial charge in [0.25, 0.3) is 6.71 Å². The fourth-order valence-corrected chi connectivity index (χ4v) is 14.4. The Balaban J connectivity index is 1.08. The van der Waals surface area contributed by atoms with Crippen LogP contribution < -0.4 is 35.8 Å². The van der Waals surface area contributed by atoms with E-state index in [4.69, 9.17) is 9.15 Å². The number of anilines is 9. The number of fused-ring (bicyclic) bond motifs is 13. The molecule has 0 amide bonds. The van der Waals surface area contributed by atoms with Crippen molar-refractivity contribution >= 4 is 129 Å². The van der Waals surface area contributed by atoms with Crippen molar-refractivity contribution in [1.29, 1.82) is 0 Å². The summed E-state index contributed by atoms with van der Waals surface area (Å²) in [6, 6.07) is 84.8. The van der Waals surface area contributed by atoms with Crippen molar-refractivity contribution in [2.75, 3.05) is 14.7 Å². The van der Waals surface area contributed by atoms with Crippen LogP contribution in [0, 0.1) is 0 Å². The lowest BCUT2D eigenvalue weighted by Gasteiger charge is -2.42. The Bertz CT molecular complexity index is 4960. The van der Waals surface area contributed by atoms with Gasteiger partial charge in [0.15, 0.2) is 0 Å². The molecular weight excluding hydrogens is 1120 g/mol. The van der Waals surface area contributed by atoms with Crippen molar-refractivity contribution < 1.29 is 9.15 Å². The molecule has 0 aliphatic carbocycles. The van der Waals surface area contributed by atoms with Crippen LogP contribution in [0.1, 0.15) is 132 Å². The van der Waals surface area contributed by atoms with Crippen molar-refractivity contribution in [3.8, 4) is 11.5 Å². The third-order valence-electron chi connectivity index (χ3n) is 19.7. The quantitative estimate of drug-likeness (QED) is 0.117. The number of ether oxygens (including phenoxy) is 1. The van der Waals surface area contributed by atoms with Gasteiger partial charge in [0, 0.05) is 51.6 Å². The van der Waals surface area contributed by atoms with Gasteiger partial charge in [-0.25, -0.2) is 0 Å². The molecule has 0 fully saturated rings. The highest BCUT2D eigenvalue weighted by Crippen LogP contribution is 2.52. The summed E-state index contributed by atoms with van der Waals surface area (Å²) in [5.41, 5.74) is 20.5. The highest BCUT2D eigenvalue weighted by molar-refractivity contribution is 6.99. The van der Waals surface area contributed by atoms with Crippen LogP contribution in [0.3, 0.4) is 0 Å². The van der Waals surface area contributed by atoms with Crippen LogP contribution in [0.2, 0.25) is 0 Å². The maximum absolute atomic E-state index is 7.57. The lowest BCUT2D eigenvalue weighted by Crippen LogP contribution is -2.59. The first-order chi connectivity index (χ1) is 43.8. The van der Waals surface area contributed by atoms with Crippen molar-refractivity contribution in [3.05, 3.63) is 252 Å². The van der Waals surface area contributed by atoms with Crippen molar-refractivity contribution in [2.24, 2.45) is 0 Å². The van der Waals surface area contributed by atoms with Gasteiger partial charge < -0.3 is 23.9 Å². The third-order valence-corrected chi connectivity index (χ3v) is 19.7. The van der Waals surface area contributed by atoms with Crippen LogP contribution >= 0.6 is 0 Å². The van der Waals surface area contributed by atoms with E-state index in [1.165, 1.54) is 65.6 Å². The van der Waals surface area contributed by atoms with E-state index in [1.54, 1.807) is 0 Å². The van der Waals surface area contributed by atoms with E-state index >= 15 is 0 Å². The first-order valence-electron chi connectivity index (χ1n) is 32.9. The zero-order valence-corrected chi connectivity index (χ0v) is 56.1. The molecule has 0 spiro atoms. The Morgan fingerprint density at radius 1 is 0.315 bits per heavy atom. The first kappa shape index (κ1) is 58.8. The smallest absolute Gasteiger partial charge is 0.256 e. The average molecular weight is 1200 g/mol. The summed E-state index contributed by atoms with van der Waals surface area (Å²) < 4.78 is 14.8. The molecule has 0 N–H and O–H groups in total. The predicted molar refractivity (Wildman–Crippen MR) is 395 cm³/mol. The zero-order valence-electron chi connectivity index (χ0n) is 56.1. The Labute approximate surface area is 544 Å². The van der Waals surface area contributed by atoms with Gasteiger partial charge in [0.2, 0.25) is 0 Å². The van der Waals surface area contributed by atoms with E-state index < -0.39 is 0 Å². The molecule has 0 bridgehead atoms. The summed E-state index contributed by atoms with van der Waals surface area (Å²) in [7, 11) is 0. The van der Waals surface area contributed by atoms with Gasteiger partial charge >= 0.3 is 0 Å². The molecule has 0 saturated heterocycles. The zero-order chi connectivity index (χ0) is 64.1. The minimum atomic E-state index is -0.208. The second-order valence-corrected chi connectivity index (χ2v) is 31.1. The number of hydrogen-bond donors (Lipinski definition) is 0. The summed E-state index contributed by atoms with van der Waals surface area (Å²) >= 11 is 0. The molecule has 0 saturated carbocycles. The van der Waals surface area contributed by atoms with Crippen LogP contribution in [0.15, 0.2) is 229 Å². The van der Waals surface area contributed by atoms with Gasteiger partial charge in [-0.3, -0.25) is 0 Å². The van der Waals surface area contributed by atoms with Crippen molar-refractivity contribution in [2.45, 2.75) is 131 Å². The lowest BCUT2D eigenvalue weighted by atomic mass is 9.34. The highest BCUT2D eigenvalue weighted by Gasteiger charge is 2.44. The monoisotopic (exact) mass is 1200 g/mol. The highest BCUT2D eigenvalue weighted by atomic mass is 16.5. The summed E-state index contributed by atoms with van der Waals surface area (Å²) in [5.74, 6) is 1.69. The number of rotatable bonds is 7. The summed E-state index contributed by atoms with van der Waals surface area (Å²) in [5, 5.41) is 9.44. The Kier molecular flexibility index (Phi) is 13.4. The minimum absolute atomic E-state index is 0.0341. The molecule has 5 nitrogen and oxygen atoms in total. The average Bonchev–Trinajstić information content (AvgIpc) is 0.717. The molecule has 92 heavy (non-hydrogen) atoms. The van der Waals surface area contributed by atoms with Gasteiger partial charge in [0.1, 0.15) is 22.7 Å². The Morgan fingerprint density at radius 3 is 1.22 bits per heavy atom. The number of furan rings is 1. The SMILES string of the molecule is CC(C)(C)c1ccc(N(c2ccc(C(C)(C)C)cc2)c2cc3c4c(c2)N(c2cc(N(c5ccc(C(C)(C)C)cc5)c5ccc(C(C)(C)C)cc5)c5c(c2)oc2ccccc25)c2cc5c6ccccc6c6ccccc6c5cc2B4c2cc(C(C)(C)C)ccc2O3)cc1. The van der Waals surface area contributed by atoms with Crippen LogP contribution in [0.4, 0.5) is 51.2 Å². The van der Waals surface area contributed by atoms with E-state index in [1.807, 2.05) is 0 Å². The summed E-state index contributed by atoms with van der Waals surface area (Å²) in [4.78, 5) is 7.45. The largest absolute Gasteiger partial charge is 0.458 e. The van der Waals surface area contributed by atoms with Gasteiger partial charge in [-0.1, -0.05) is 237 Å². The standard InChI is InChI=1S/C86H82BN3O2/c1-82(2,3)53-28-37-58(38-29-53)88(59-39-30-54(31-40-59)83(4,5)6)62-48-75-81-79(50-62)92-77-45-36-57(86(13,14)15)46-72(77)87(81)71-51-69-66-24-18-16-22-64(66)65-23-17-19-25-67(65)70(69)52-73(71)90(75)63-47-74(80-68-26-20-21-27-76(68)91-78(80)49-63)89(60-41-32-55(33-42-60)84(7,8)9)61-43-34-56(35-44-61)85(10,11)12/h16-52H,1-15H3. The number of benzene rings is 12. The van der Waals surface area contributed by atoms with E-state index in [0.29, 0.717) is 0 Å². The van der Waals surface area contributed by atoms with E-state index in [9.17, 15) is 0 Å².